The van der Waals surface area contributed by atoms with Gasteiger partial charge in [-0.2, -0.15) is 0 Å². The van der Waals surface area contributed by atoms with Gasteiger partial charge in [0.05, 0.1) is 17.1 Å². The van der Waals surface area contributed by atoms with Gasteiger partial charge in [-0.1, -0.05) is 27.5 Å². The minimum atomic E-state index is -0.503. The van der Waals surface area contributed by atoms with Gasteiger partial charge in [-0.05, 0) is 51.5 Å². The lowest BCUT2D eigenvalue weighted by Crippen LogP contribution is -2.41. The van der Waals surface area contributed by atoms with Gasteiger partial charge in [0.1, 0.15) is 0 Å². The van der Waals surface area contributed by atoms with E-state index in [0.717, 1.165) is 10.0 Å². The molecular weight excluding hydrogens is 328 g/mol. The third-order valence-corrected chi connectivity index (χ3v) is 4.72. The minimum Gasteiger partial charge on any atom is -0.402 e. The second-order valence-electron chi connectivity index (χ2n) is 5.82. The molecule has 0 bridgehead atoms. The van der Waals surface area contributed by atoms with E-state index in [0.29, 0.717) is 5.02 Å². The van der Waals surface area contributed by atoms with E-state index in [-0.39, 0.29) is 0 Å². The molecule has 1 aromatic rings. The molecule has 1 heterocycles. The maximum absolute atomic E-state index is 6.26. The highest BCUT2D eigenvalue weighted by Gasteiger charge is 2.53. The molecule has 1 saturated heterocycles. The van der Waals surface area contributed by atoms with Gasteiger partial charge in [0, 0.05) is 9.50 Å². The van der Waals surface area contributed by atoms with Crippen molar-refractivity contribution in [3.05, 3.63) is 33.3 Å². The van der Waals surface area contributed by atoms with Gasteiger partial charge in [-0.15, -0.1) is 0 Å². The van der Waals surface area contributed by atoms with Crippen molar-refractivity contribution >= 4 is 34.6 Å². The van der Waals surface area contributed by atoms with Crippen LogP contribution in [-0.2, 0) is 9.31 Å². The van der Waals surface area contributed by atoms with Crippen molar-refractivity contribution in [2.45, 2.75) is 44.8 Å². The third kappa shape index (κ3) is 2.86. The van der Waals surface area contributed by atoms with E-state index < -0.39 is 24.3 Å². The van der Waals surface area contributed by atoms with E-state index in [1.165, 1.54) is 0 Å². The first-order chi connectivity index (χ1) is 8.64. The highest BCUT2D eigenvalue weighted by molar-refractivity contribution is 9.10. The van der Waals surface area contributed by atoms with Gasteiger partial charge in [-0.3, -0.25) is 0 Å². The highest BCUT2D eigenvalue weighted by Crippen LogP contribution is 2.40. The van der Waals surface area contributed by atoms with E-state index in [1.807, 2.05) is 45.9 Å². The van der Waals surface area contributed by atoms with E-state index in [2.05, 4.69) is 15.9 Å². The zero-order chi connectivity index (χ0) is 14.4. The summed E-state index contributed by atoms with van der Waals surface area (Å²) in [6.45, 7) is 8.01. The molecule has 104 valence electrons. The minimum absolute atomic E-state index is 0.395. The largest absolute Gasteiger partial charge is 0.480 e. The Morgan fingerprint density at radius 2 is 1.74 bits per heavy atom. The Kier molecular flexibility index (Phi) is 4.07. The van der Waals surface area contributed by atoms with Gasteiger partial charge >= 0.3 is 7.12 Å². The Hall–Kier alpha value is -0.0651. The molecule has 1 fully saturated rings. The summed E-state index contributed by atoms with van der Waals surface area (Å²) in [5.74, 6) is -0.425. The Morgan fingerprint density at radius 3 is 2.26 bits per heavy atom. The normalized spacial score (nSPS) is 22.6. The number of halogens is 2. The van der Waals surface area contributed by atoms with Crippen molar-refractivity contribution in [1.82, 2.24) is 0 Å². The van der Waals surface area contributed by atoms with Crippen LogP contribution in [-0.4, -0.2) is 18.3 Å². The fourth-order valence-electron chi connectivity index (χ4n) is 1.95. The predicted molar refractivity (Wildman–Crippen MR) is 82.2 cm³/mol. The lowest BCUT2D eigenvalue weighted by molar-refractivity contribution is 0.00578. The molecule has 1 aliphatic heterocycles. The average molecular weight is 346 g/mol. The SMILES string of the molecule is CC1(C)OB([C@H](N)c2cc(Br)ccc2Cl)OC1(C)C. The van der Waals surface area contributed by atoms with Gasteiger partial charge in [0.2, 0.25) is 0 Å². The summed E-state index contributed by atoms with van der Waals surface area (Å²) >= 11 is 9.62. The maximum Gasteiger partial charge on any atom is 0.480 e. The number of hydrogen-bond donors (Lipinski definition) is 1. The first-order valence-electron chi connectivity index (χ1n) is 6.20. The van der Waals surface area contributed by atoms with Crippen LogP contribution in [0.5, 0.6) is 0 Å². The van der Waals surface area contributed by atoms with Crippen LogP contribution in [0.15, 0.2) is 22.7 Å². The van der Waals surface area contributed by atoms with Gasteiger partial charge in [0.25, 0.3) is 0 Å². The number of benzene rings is 1. The molecule has 0 aromatic heterocycles. The molecule has 0 radical (unpaired) electrons. The van der Waals surface area contributed by atoms with Gasteiger partial charge < -0.3 is 15.0 Å². The third-order valence-electron chi connectivity index (χ3n) is 3.88. The van der Waals surface area contributed by atoms with Crippen molar-refractivity contribution in [2.75, 3.05) is 0 Å². The second-order valence-corrected chi connectivity index (χ2v) is 7.14. The van der Waals surface area contributed by atoms with Crippen molar-refractivity contribution in [2.24, 2.45) is 5.73 Å². The Bertz CT molecular complexity index is 480. The summed E-state index contributed by atoms with van der Waals surface area (Å²) in [6.07, 6.45) is 0. The smallest absolute Gasteiger partial charge is 0.402 e. The molecule has 6 heteroatoms. The zero-order valence-electron chi connectivity index (χ0n) is 11.5. The average Bonchev–Trinajstić information content (AvgIpc) is 2.51. The molecule has 1 aliphatic rings. The second kappa shape index (κ2) is 5.04. The van der Waals surface area contributed by atoms with Crippen LogP contribution in [0.25, 0.3) is 0 Å². The van der Waals surface area contributed by atoms with Crippen LogP contribution in [0.2, 0.25) is 5.02 Å². The Morgan fingerprint density at radius 1 is 1.21 bits per heavy atom. The van der Waals surface area contributed by atoms with Crippen molar-refractivity contribution in [3.63, 3.8) is 0 Å². The molecule has 0 amide bonds. The molecule has 0 spiro atoms. The topological polar surface area (TPSA) is 44.5 Å². The molecule has 0 unspecified atom stereocenters. The van der Waals surface area contributed by atoms with Crippen LogP contribution < -0.4 is 5.73 Å². The van der Waals surface area contributed by atoms with E-state index in [4.69, 9.17) is 26.6 Å². The summed E-state index contributed by atoms with van der Waals surface area (Å²) < 4.78 is 12.8. The van der Waals surface area contributed by atoms with Crippen LogP contribution >= 0.6 is 27.5 Å². The molecule has 0 saturated carbocycles. The molecule has 3 nitrogen and oxygen atoms in total. The van der Waals surface area contributed by atoms with Gasteiger partial charge in [0.15, 0.2) is 0 Å². The number of hydrogen-bond acceptors (Lipinski definition) is 3. The summed E-state index contributed by atoms with van der Waals surface area (Å²) in [5, 5.41) is 0.616. The van der Waals surface area contributed by atoms with Crippen LogP contribution in [0, 0.1) is 0 Å². The molecular formula is C13H18BBrClNO2. The predicted octanol–water partition coefficient (Wildman–Crippen LogP) is 3.73. The van der Waals surface area contributed by atoms with E-state index in [9.17, 15) is 0 Å². The standard InChI is InChI=1S/C13H18BBrClNO2/c1-12(2)13(3,4)19-14(18-12)11(17)9-7-8(15)5-6-10(9)16/h5-7,11H,17H2,1-4H3/t11-/m1/s1. The monoisotopic (exact) mass is 345 g/mol. The van der Waals surface area contributed by atoms with Crippen LogP contribution in [0.3, 0.4) is 0 Å². The Labute approximate surface area is 128 Å². The molecule has 19 heavy (non-hydrogen) atoms. The molecule has 1 atom stereocenters. The van der Waals surface area contributed by atoms with Crippen molar-refractivity contribution in [3.8, 4) is 0 Å². The molecule has 1 aromatic carbocycles. The zero-order valence-corrected chi connectivity index (χ0v) is 13.9. The summed E-state index contributed by atoms with van der Waals surface area (Å²) in [7, 11) is -0.503. The first-order valence-corrected chi connectivity index (χ1v) is 7.37. The van der Waals surface area contributed by atoms with Crippen molar-refractivity contribution < 1.29 is 9.31 Å². The molecule has 2 rings (SSSR count). The van der Waals surface area contributed by atoms with Crippen molar-refractivity contribution in [1.29, 1.82) is 0 Å². The quantitative estimate of drug-likeness (QED) is 0.830. The highest BCUT2D eigenvalue weighted by atomic mass is 79.9. The molecule has 0 aliphatic carbocycles. The summed E-state index contributed by atoms with van der Waals surface area (Å²) in [6, 6.07) is 5.59. The van der Waals surface area contributed by atoms with Crippen LogP contribution in [0.1, 0.15) is 39.2 Å². The Balaban J connectivity index is 2.27. The summed E-state index contributed by atoms with van der Waals surface area (Å²) in [4.78, 5) is 0. The number of nitrogens with two attached hydrogens (primary N) is 1. The summed E-state index contributed by atoms with van der Waals surface area (Å²) in [5.41, 5.74) is 6.28. The maximum atomic E-state index is 6.26. The lowest BCUT2D eigenvalue weighted by atomic mass is 9.75. The van der Waals surface area contributed by atoms with E-state index in [1.54, 1.807) is 0 Å². The molecule has 2 N–H and O–H groups in total. The van der Waals surface area contributed by atoms with E-state index >= 15 is 0 Å². The lowest BCUT2D eigenvalue weighted by Gasteiger charge is -2.32. The fourth-order valence-corrected chi connectivity index (χ4v) is 2.57. The first kappa shape index (κ1) is 15.3. The number of rotatable bonds is 2. The van der Waals surface area contributed by atoms with Gasteiger partial charge in [-0.25, -0.2) is 0 Å². The van der Waals surface area contributed by atoms with Crippen LogP contribution in [0.4, 0.5) is 0 Å². The fraction of sp³-hybridized carbons (Fsp3) is 0.538.